The molecule has 0 aliphatic heterocycles. The number of amides is 1. The lowest BCUT2D eigenvalue weighted by atomic mass is 10.1. The van der Waals surface area contributed by atoms with Crippen LogP contribution in [-0.2, 0) is 32.4 Å². The smallest absolute Gasteiger partial charge is 0.341 e. The van der Waals surface area contributed by atoms with E-state index in [1.54, 1.807) is 12.1 Å². The number of ether oxygens (including phenoxy) is 2. The van der Waals surface area contributed by atoms with Crippen LogP contribution in [-0.4, -0.2) is 39.6 Å². The average Bonchev–Trinajstić information content (AvgIpc) is 3.50. The molecule has 1 heterocycles. The largest absolute Gasteiger partial charge is 0.510 e. The Morgan fingerprint density at radius 2 is 1.82 bits per heavy atom. The number of hydrogen-bond acceptors (Lipinski definition) is 10. The fourth-order valence-corrected chi connectivity index (χ4v) is 6.84. The molecule has 11 nitrogen and oxygen atoms in total. The Hall–Kier alpha value is -3.94. The molecule has 1 aliphatic rings. The number of aliphatic hydroxyl groups is 1. The number of carbonyl (C=O) groups is 2. The Balaban J connectivity index is 1.57. The standard InChI is InChI=1S/C26H25ClN4O7S2/c1-14(32)23(24(33)28-25-22(26(34)38-3)18-5-4-6-20(18)39-25)30-29-16-9-12-19(27)21(13-16)40(35,36)31-15-7-10-17(37-2)11-8-15/h7-13,31-32H,4-6H2,1-3H3,(H,28,33). The van der Waals surface area contributed by atoms with Gasteiger partial charge in [-0.05, 0) is 74.2 Å². The van der Waals surface area contributed by atoms with Crippen molar-refractivity contribution in [1.29, 1.82) is 0 Å². The number of nitrogens with one attached hydrogen (secondary N) is 2. The predicted octanol–water partition coefficient (Wildman–Crippen LogP) is 6.00. The fraction of sp³-hybridized carbons (Fsp3) is 0.231. The summed E-state index contributed by atoms with van der Waals surface area (Å²) in [5.74, 6) is -1.26. The molecular weight excluding hydrogens is 580 g/mol. The van der Waals surface area contributed by atoms with Gasteiger partial charge in [-0.3, -0.25) is 9.52 Å². The number of azo groups is 1. The molecule has 1 aliphatic carbocycles. The summed E-state index contributed by atoms with van der Waals surface area (Å²) in [7, 11) is -1.36. The maximum Gasteiger partial charge on any atom is 0.341 e. The van der Waals surface area contributed by atoms with Crippen molar-refractivity contribution in [3.63, 3.8) is 0 Å². The molecular formula is C26H25ClN4O7S2. The maximum atomic E-state index is 13.0. The summed E-state index contributed by atoms with van der Waals surface area (Å²) in [5.41, 5.74) is 1.04. The van der Waals surface area contributed by atoms with Crippen molar-refractivity contribution >= 4 is 61.2 Å². The summed E-state index contributed by atoms with van der Waals surface area (Å²) in [6.07, 6.45) is 2.39. The van der Waals surface area contributed by atoms with Gasteiger partial charge < -0.3 is 19.9 Å². The first-order valence-corrected chi connectivity index (χ1v) is 14.5. The molecule has 0 bridgehead atoms. The lowest BCUT2D eigenvalue weighted by Gasteiger charge is -2.10. The van der Waals surface area contributed by atoms with Gasteiger partial charge in [-0.2, -0.15) is 5.11 Å². The van der Waals surface area contributed by atoms with Crippen LogP contribution in [0.2, 0.25) is 5.02 Å². The van der Waals surface area contributed by atoms with Gasteiger partial charge >= 0.3 is 5.97 Å². The molecule has 3 aromatic rings. The van der Waals surface area contributed by atoms with E-state index in [-0.39, 0.29) is 26.9 Å². The maximum absolute atomic E-state index is 13.0. The number of esters is 1. The van der Waals surface area contributed by atoms with Crippen LogP contribution in [0.15, 0.2) is 69.0 Å². The Morgan fingerprint density at radius 3 is 2.48 bits per heavy atom. The zero-order valence-corrected chi connectivity index (χ0v) is 24.0. The third kappa shape index (κ3) is 6.27. The molecule has 14 heteroatoms. The second-order valence-corrected chi connectivity index (χ2v) is 11.8. The molecule has 0 saturated carbocycles. The number of carbonyl (C=O) groups excluding carboxylic acids is 2. The molecule has 40 heavy (non-hydrogen) atoms. The quantitative estimate of drug-likeness (QED) is 0.117. The third-order valence-corrected chi connectivity index (χ3v) is 8.98. The number of allylic oxidation sites excluding steroid dienone is 1. The van der Waals surface area contributed by atoms with E-state index in [4.69, 9.17) is 21.1 Å². The van der Waals surface area contributed by atoms with E-state index in [0.29, 0.717) is 17.2 Å². The highest BCUT2D eigenvalue weighted by atomic mass is 35.5. The number of halogens is 1. The van der Waals surface area contributed by atoms with E-state index < -0.39 is 33.4 Å². The Morgan fingerprint density at radius 1 is 1.10 bits per heavy atom. The van der Waals surface area contributed by atoms with Crippen molar-refractivity contribution < 1.29 is 32.6 Å². The van der Waals surface area contributed by atoms with E-state index in [1.807, 2.05) is 0 Å². The number of aryl methyl sites for hydroxylation is 1. The Bertz CT molecular complexity index is 1630. The summed E-state index contributed by atoms with van der Waals surface area (Å²) in [6.45, 7) is 1.25. The zero-order chi connectivity index (χ0) is 29.0. The number of sulfonamides is 1. The van der Waals surface area contributed by atoms with Crippen molar-refractivity contribution in [1.82, 2.24) is 0 Å². The zero-order valence-electron chi connectivity index (χ0n) is 21.6. The molecule has 0 unspecified atom stereocenters. The fourth-order valence-electron chi connectivity index (χ4n) is 3.99. The van der Waals surface area contributed by atoms with Crippen LogP contribution in [0.3, 0.4) is 0 Å². The monoisotopic (exact) mass is 604 g/mol. The van der Waals surface area contributed by atoms with Crippen LogP contribution in [0.4, 0.5) is 16.4 Å². The minimum Gasteiger partial charge on any atom is -0.510 e. The lowest BCUT2D eigenvalue weighted by molar-refractivity contribution is -0.113. The second-order valence-electron chi connectivity index (χ2n) is 8.59. The summed E-state index contributed by atoms with van der Waals surface area (Å²) in [4.78, 5) is 26.1. The minimum atomic E-state index is -4.12. The van der Waals surface area contributed by atoms with Gasteiger partial charge in [0.25, 0.3) is 15.9 Å². The first-order valence-electron chi connectivity index (χ1n) is 11.9. The van der Waals surface area contributed by atoms with Gasteiger partial charge in [0.1, 0.15) is 21.4 Å². The molecule has 1 amide bonds. The molecule has 1 aromatic heterocycles. The second kappa shape index (κ2) is 12.1. The summed E-state index contributed by atoms with van der Waals surface area (Å²) in [5, 5.41) is 20.8. The van der Waals surface area contributed by atoms with Crippen LogP contribution in [0, 0.1) is 0 Å². The van der Waals surface area contributed by atoms with Crippen molar-refractivity contribution in [3.8, 4) is 5.75 Å². The third-order valence-electron chi connectivity index (χ3n) is 5.91. The Kier molecular flexibility index (Phi) is 8.76. The van der Waals surface area contributed by atoms with Crippen molar-refractivity contribution in [2.24, 2.45) is 10.2 Å². The molecule has 0 spiro atoms. The van der Waals surface area contributed by atoms with Crippen LogP contribution in [0.5, 0.6) is 5.75 Å². The van der Waals surface area contributed by atoms with Gasteiger partial charge in [0.05, 0.1) is 30.5 Å². The van der Waals surface area contributed by atoms with Gasteiger partial charge in [-0.25, -0.2) is 13.2 Å². The average molecular weight is 605 g/mol. The van der Waals surface area contributed by atoms with Crippen LogP contribution >= 0.6 is 22.9 Å². The van der Waals surface area contributed by atoms with Gasteiger partial charge in [0, 0.05) is 10.6 Å². The summed E-state index contributed by atoms with van der Waals surface area (Å²) >= 11 is 7.44. The number of rotatable bonds is 9. The molecule has 2 aromatic carbocycles. The number of fused-ring (bicyclic) bond motifs is 1. The molecule has 0 radical (unpaired) electrons. The number of thiophene rings is 1. The topological polar surface area (TPSA) is 156 Å². The van der Waals surface area contributed by atoms with Crippen LogP contribution in [0.25, 0.3) is 0 Å². The van der Waals surface area contributed by atoms with Gasteiger partial charge in [-0.15, -0.1) is 16.5 Å². The van der Waals surface area contributed by atoms with Crippen molar-refractivity contribution in [3.05, 3.63) is 74.9 Å². The molecule has 4 rings (SSSR count). The van der Waals surface area contributed by atoms with Crippen LogP contribution < -0.4 is 14.8 Å². The first kappa shape index (κ1) is 29.1. The predicted molar refractivity (Wildman–Crippen MR) is 151 cm³/mol. The molecule has 0 fully saturated rings. The minimum absolute atomic E-state index is 0.0522. The molecule has 3 N–H and O–H groups in total. The van der Waals surface area contributed by atoms with E-state index in [0.717, 1.165) is 23.3 Å². The molecule has 0 atom stereocenters. The van der Waals surface area contributed by atoms with Crippen molar-refractivity contribution in [2.45, 2.75) is 31.1 Å². The number of anilines is 2. The Labute approximate surface area is 239 Å². The van der Waals surface area contributed by atoms with Gasteiger partial charge in [0.2, 0.25) is 0 Å². The van der Waals surface area contributed by atoms with Crippen molar-refractivity contribution in [2.75, 3.05) is 24.3 Å². The van der Waals surface area contributed by atoms with E-state index in [2.05, 4.69) is 20.3 Å². The highest BCUT2D eigenvalue weighted by Gasteiger charge is 2.29. The first-order chi connectivity index (χ1) is 19.0. The van der Waals surface area contributed by atoms with Crippen LogP contribution in [0.1, 0.15) is 34.1 Å². The van der Waals surface area contributed by atoms with E-state index in [1.165, 1.54) is 62.8 Å². The highest BCUT2D eigenvalue weighted by Crippen LogP contribution is 2.40. The van der Waals surface area contributed by atoms with Gasteiger partial charge in [0.15, 0.2) is 5.70 Å². The molecule has 0 saturated heterocycles. The number of benzene rings is 2. The van der Waals surface area contributed by atoms with Gasteiger partial charge in [-0.1, -0.05) is 11.6 Å². The summed E-state index contributed by atoms with van der Waals surface area (Å²) in [6, 6.07) is 10.2. The number of hydrogen-bond donors (Lipinski definition) is 3. The number of aliphatic hydroxyl groups excluding tert-OH is 1. The number of methoxy groups -OCH3 is 2. The molecule has 210 valence electrons. The lowest BCUT2D eigenvalue weighted by Crippen LogP contribution is -2.16. The van der Waals surface area contributed by atoms with E-state index >= 15 is 0 Å². The summed E-state index contributed by atoms with van der Waals surface area (Å²) < 4.78 is 38.4. The SMILES string of the molecule is COC(=O)c1c(NC(=O)C(N=Nc2ccc(Cl)c(S(=O)(=O)Nc3ccc(OC)cc3)c2)=C(C)O)sc2c1CCC2. The highest BCUT2D eigenvalue weighted by molar-refractivity contribution is 7.92. The number of nitrogens with zero attached hydrogens (tertiary/aromatic N) is 2. The van der Waals surface area contributed by atoms with E-state index in [9.17, 15) is 23.1 Å². The normalized spacial score (nSPS) is 13.5.